The highest BCUT2D eigenvalue weighted by molar-refractivity contribution is 5.78. The normalized spacial score (nSPS) is 14.3. The van der Waals surface area contributed by atoms with Crippen molar-refractivity contribution in [3.05, 3.63) is 0 Å². The summed E-state index contributed by atoms with van der Waals surface area (Å²) in [5, 5.41) is 0. The molecule has 0 aromatic heterocycles. The van der Waals surface area contributed by atoms with Crippen LogP contribution in [0, 0.1) is 5.92 Å². The monoisotopic (exact) mass is 258 g/mol. The molecule has 4 heteroatoms. The Morgan fingerprint density at radius 3 is 2.44 bits per heavy atom. The first-order valence-electron chi connectivity index (χ1n) is 7.14. The highest BCUT2D eigenvalue weighted by Crippen LogP contribution is 2.12. The molecule has 0 bridgehead atoms. The van der Waals surface area contributed by atoms with E-state index in [4.69, 9.17) is 10.5 Å². The van der Waals surface area contributed by atoms with Crippen LogP contribution in [-0.4, -0.2) is 43.2 Å². The molecule has 0 heterocycles. The zero-order chi connectivity index (χ0) is 14.0. The lowest BCUT2D eigenvalue weighted by atomic mass is 10.0. The van der Waals surface area contributed by atoms with E-state index in [9.17, 15) is 4.79 Å². The number of amides is 1. The first-order chi connectivity index (χ1) is 8.52. The third kappa shape index (κ3) is 7.67. The van der Waals surface area contributed by atoms with Gasteiger partial charge >= 0.3 is 0 Å². The van der Waals surface area contributed by atoms with Gasteiger partial charge in [0.25, 0.3) is 0 Å². The van der Waals surface area contributed by atoms with Crippen LogP contribution in [0.25, 0.3) is 0 Å². The van der Waals surface area contributed by atoms with Gasteiger partial charge in [-0.1, -0.05) is 13.3 Å². The molecular weight excluding hydrogens is 228 g/mol. The molecule has 1 amide bonds. The van der Waals surface area contributed by atoms with Crippen LogP contribution in [-0.2, 0) is 9.53 Å². The number of ether oxygens (including phenoxy) is 1. The molecule has 0 spiro atoms. The molecule has 0 saturated heterocycles. The Bertz CT molecular complexity index is 220. The van der Waals surface area contributed by atoms with Gasteiger partial charge in [-0.2, -0.15) is 0 Å². The van der Waals surface area contributed by atoms with Gasteiger partial charge in [0.1, 0.15) is 0 Å². The fourth-order valence-corrected chi connectivity index (χ4v) is 1.92. The van der Waals surface area contributed by atoms with Crippen LogP contribution in [0.1, 0.15) is 47.0 Å². The lowest BCUT2D eigenvalue weighted by molar-refractivity contribution is -0.135. The van der Waals surface area contributed by atoms with E-state index in [2.05, 4.69) is 0 Å². The van der Waals surface area contributed by atoms with Gasteiger partial charge in [-0.25, -0.2) is 0 Å². The Hall–Kier alpha value is -0.610. The summed E-state index contributed by atoms with van der Waals surface area (Å²) in [4.78, 5) is 14.1. The summed E-state index contributed by atoms with van der Waals surface area (Å²) in [6, 6.07) is 0.229. The summed E-state index contributed by atoms with van der Waals surface area (Å²) >= 11 is 0. The van der Waals surface area contributed by atoms with Crippen molar-refractivity contribution < 1.29 is 9.53 Å². The number of rotatable bonds is 10. The summed E-state index contributed by atoms with van der Waals surface area (Å²) in [6.45, 7) is 10.8. The fraction of sp³-hybridized carbons (Fsp3) is 0.929. The topological polar surface area (TPSA) is 55.6 Å². The van der Waals surface area contributed by atoms with Gasteiger partial charge in [0, 0.05) is 31.7 Å². The molecular formula is C14H30N2O2. The zero-order valence-corrected chi connectivity index (χ0v) is 12.4. The lowest BCUT2D eigenvalue weighted by Crippen LogP contribution is -2.37. The smallest absolute Gasteiger partial charge is 0.225 e. The standard InChI is InChI=1S/C14H30N2O2/c1-5-16(10-11-18-6-2)14(17)12(3)8-7-9-13(4)15/h12-13H,5-11,15H2,1-4H3. The third-order valence-corrected chi connectivity index (χ3v) is 3.12. The second-order valence-electron chi connectivity index (χ2n) is 4.92. The average Bonchev–Trinajstić information content (AvgIpc) is 2.33. The number of nitrogens with two attached hydrogens (primary N) is 1. The van der Waals surface area contributed by atoms with Crippen molar-refractivity contribution in [2.75, 3.05) is 26.3 Å². The predicted molar refractivity (Wildman–Crippen MR) is 75.4 cm³/mol. The maximum Gasteiger partial charge on any atom is 0.225 e. The first-order valence-corrected chi connectivity index (χ1v) is 7.14. The number of nitrogens with zero attached hydrogens (tertiary/aromatic N) is 1. The Morgan fingerprint density at radius 2 is 1.94 bits per heavy atom. The van der Waals surface area contributed by atoms with Crippen LogP contribution in [0.5, 0.6) is 0 Å². The summed E-state index contributed by atoms with van der Waals surface area (Å²) in [6.07, 6.45) is 2.93. The molecule has 0 saturated carbocycles. The summed E-state index contributed by atoms with van der Waals surface area (Å²) in [5.74, 6) is 0.326. The minimum Gasteiger partial charge on any atom is -0.380 e. The summed E-state index contributed by atoms with van der Waals surface area (Å²) in [5.41, 5.74) is 5.71. The molecule has 2 atom stereocenters. The van der Waals surface area contributed by atoms with E-state index < -0.39 is 0 Å². The maximum atomic E-state index is 12.2. The van der Waals surface area contributed by atoms with E-state index in [0.717, 1.165) is 25.8 Å². The third-order valence-electron chi connectivity index (χ3n) is 3.12. The molecule has 0 aliphatic heterocycles. The summed E-state index contributed by atoms with van der Waals surface area (Å²) in [7, 11) is 0. The van der Waals surface area contributed by atoms with Crippen molar-refractivity contribution >= 4 is 5.91 Å². The Kier molecular flexibility index (Phi) is 9.98. The lowest BCUT2D eigenvalue weighted by Gasteiger charge is -2.24. The first kappa shape index (κ1) is 17.4. The molecule has 0 aromatic rings. The van der Waals surface area contributed by atoms with Gasteiger partial charge in [0.2, 0.25) is 5.91 Å². The van der Waals surface area contributed by atoms with Gasteiger partial charge in [-0.15, -0.1) is 0 Å². The summed E-state index contributed by atoms with van der Waals surface area (Å²) < 4.78 is 5.30. The van der Waals surface area contributed by atoms with Crippen LogP contribution in [0.15, 0.2) is 0 Å². The van der Waals surface area contributed by atoms with Gasteiger partial charge in [-0.05, 0) is 33.6 Å². The van der Waals surface area contributed by atoms with Crippen LogP contribution < -0.4 is 5.73 Å². The van der Waals surface area contributed by atoms with E-state index >= 15 is 0 Å². The van der Waals surface area contributed by atoms with Gasteiger partial charge in [-0.3, -0.25) is 4.79 Å². The van der Waals surface area contributed by atoms with Crippen LogP contribution in [0.4, 0.5) is 0 Å². The second kappa shape index (κ2) is 10.3. The Balaban J connectivity index is 3.98. The number of hydrogen-bond acceptors (Lipinski definition) is 3. The minimum atomic E-state index is 0.0883. The maximum absolute atomic E-state index is 12.2. The Labute approximate surface area is 112 Å². The van der Waals surface area contributed by atoms with Crippen molar-refractivity contribution in [2.24, 2.45) is 11.7 Å². The van der Waals surface area contributed by atoms with E-state index in [0.29, 0.717) is 19.8 Å². The predicted octanol–water partition coefficient (Wildman–Crippen LogP) is 2.02. The molecule has 18 heavy (non-hydrogen) atoms. The van der Waals surface area contributed by atoms with E-state index in [-0.39, 0.29) is 17.9 Å². The molecule has 0 aromatic carbocycles. The van der Waals surface area contributed by atoms with Crippen LogP contribution in [0.3, 0.4) is 0 Å². The molecule has 0 aliphatic carbocycles. The number of carbonyl (C=O) groups is 1. The molecule has 4 nitrogen and oxygen atoms in total. The van der Waals surface area contributed by atoms with Crippen LogP contribution >= 0.6 is 0 Å². The van der Waals surface area contributed by atoms with E-state index in [1.165, 1.54) is 0 Å². The Morgan fingerprint density at radius 1 is 1.28 bits per heavy atom. The van der Waals surface area contributed by atoms with Crippen molar-refractivity contribution in [1.29, 1.82) is 0 Å². The number of hydrogen-bond donors (Lipinski definition) is 1. The van der Waals surface area contributed by atoms with Gasteiger partial charge < -0.3 is 15.4 Å². The average molecular weight is 258 g/mol. The second-order valence-corrected chi connectivity index (χ2v) is 4.92. The van der Waals surface area contributed by atoms with Gasteiger partial charge in [0.15, 0.2) is 0 Å². The molecule has 2 unspecified atom stereocenters. The molecule has 2 N–H and O–H groups in total. The SMILES string of the molecule is CCOCCN(CC)C(=O)C(C)CCCC(C)N. The van der Waals surface area contributed by atoms with Crippen molar-refractivity contribution in [1.82, 2.24) is 4.90 Å². The van der Waals surface area contributed by atoms with E-state index in [1.807, 2.05) is 32.6 Å². The fourth-order valence-electron chi connectivity index (χ4n) is 1.92. The van der Waals surface area contributed by atoms with Crippen molar-refractivity contribution in [3.63, 3.8) is 0 Å². The van der Waals surface area contributed by atoms with Gasteiger partial charge in [0.05, 0.1) is 6.61 Å². The number of carbonyl (C=O) groups excluding carboxylic acids is 1. The van der Waals surface area contributed by atoms with Crippen molar-refractivity contribution in [3.8, 4) is 0 Å². The molecule has 0 rings (SSSR count). The highest BCUT2D eigenvalue weighted by Gasteiger charge is 2.18. The van der Waals surface area contributed by atoms with Crippen molar-refractivity contribution in [2.45, 2.75) is 53.0 Å². The minimum absolute atomic E-state index is 0.0883. The zero-order valence-electron chi connectivity index (χ0n) is 12.4. The quantitative estimate of drug-likeness (QED) is 0.610. The van der Waals surface area contributed by atoms with Crippen LogP contribution in [0.2, 0.25) is 0 Å². The van der Waals surface area contributed by atoms with E-state index in [1.54, 1.807) is 0 Å². The molecule has 108 valence electrons. The highest BCUT2D eigenvalue weighted by atomic mass is 16.5. The molecule has 0 radical (unpaired) electrons. The number of likely N-dealkylation sites (N-methyl/N-ethyl adjacent to an activating group) is 1. The molecule has 0 aliphatic rings. The largest absolute Gasteiger partial charge is 0.380 e. The molecule has 0 fully saturated rings.